The Morgan fingerprint density at radius 3 is 2.22 bits per heavy atom. The summed E-state index contributed by atoms with van der Waals surface area (Å²) in [5.41, 5.74) is 2.24. The molecule has 3 aromatic rings. The molecule has 0 aliphatic rings. The summed E-state index contributed by atoms with van der Waals surface area (Å²) in [5, 5.41) is 5.02. The minimum Gasteiger partial charge on any atom is -0.371 e. The van der Waals surface area contributed by atoms with Gasteiger partial charge >= 0.3 is 0 Å². The van der Waals surface area contributed by atoms with Crippen LogP contribution in [0, 0.1) is 0 Å². The zero-order chi connectivity index (χ0) is 25.8. The van der Waals surface area contributed by atoms with Crippen LogP contribution < -0.4 is 14.9 Å². The lowest BCUT2D eigenvalue weighted by Gasteiger charge is -2.26. The summed E-state index contributed by atoms with van der Waals surface area (Å²) in [5.74, 6) is 0. The molecule has 0 aliphatic heterocycles. The SMILES string of the molecule is CCCCN(CCCC)c1cccc2c(S(=O)(=O)NCCNCC=Cc3ccc(Br)cc3)cccc12. The van der Waals surface area contributed by atoms with Crippen molar-refractivity contribution in [1.29, 1.82) is 0 Å². The van der Waals surface area contributed by atoms with E-state index in [0.29, 0.717) is 24.5 Å². The average Bonchev–Trinajstić information content (AvgIpc) is 2.88. The standard InChI is InChI=1S/C29H38BrN3O2S/c1-3-5-22-33(23-6-4-2)28-13-7-12-27-26(28)11-8-14-29(27)36(34,35)32-21-20-31-19-9-10-24-15-17-25(30)18-16-24/h7-18,31-32H,3-6,19-23H2,1-2H3. The molecule has 194 valence electrons. The smallest absolute Gasteiger partial charge is 0.241 e. The second-order valence-electron chi connectivity index (χ2n) is 8.88. The van der Waals surface area contributed by atoms with E-state index in [0.717, 1.165) is 65.3 Å². The summed E-state index contributed by atoms with van der Waals surface area (Å²) in [6.07, 6.45) is 8.57. The van der Waals surface area contributed by atoms with Crippen molar-refractivity contribution >= 4 is 48.5 Å². The van der Waals surface area contributed by atoms with Gasteiger partial charge < -0.3 is 10.2 Å². The third-order valence-electron chi connectivity index (χ3n) is 6.09. The normalized spacial score (nSPS) is 12.0. The number of nitrogens with zero attached hydrogens (tertiary/aromatic N) is 1. The number of nitrogens with one attached hydrogen (secondary N) is 2. The third kappa shape index (κ3) is 8.17. The summed E-state index contributed by atoms with van der Waals surface area (Å²) in [7, 11) is -3.63. The van der Waals surface area contributed by atoms with Crippen LogP contribution in [0.4, 0.5) is 5.69 Å². The lowest BCUT2D eigenvalue weighted by molar-refractivity contribution is 0.579. The highest BCUT2D eigenvalue weighted by Crippen LogP contribution is 2.31. The summed E-state index contributed by atoms with van der Waals surface area (Å²) in [6, 6.07) is 19.7. The largest absolute Gasteiger partial charge is 0.371 e. The molecule has 0 atom stereocenters. The monoisotopic (exact) mass is 571 g/mol. The molecule has 0 fully saturated rings. The first-order valence-corrected chi connectivity index (χ1v) is 15.1. The van der Waals surface area contributed by atoms with Crippen LogP contribution in [-0.4, -0.2) is 41.1 Å². The first-order chi connectivity index (χ1) is 17.5. The van der Waals surface area contributed by atoms with Gasteiger partial charge in [0.1, 0.15) is 0 Å². The lowest BCUT2D eigenvalue weighted by Crippen LogP contribution is -2.32. The molecule has 0 unspecified atom stereocenters. The molecule has 0 amide bonds. The van der Waals surface area contributed by atoms with Gasteiger partial charge in [0.15, 0.2) is 0 Å². The Hall–Kier alpha value is -2.19. The number of halogens is 1. The van der Waals surface area contributed by atoms with Gasteiger partial charge in [-0.1, -0.05) is 91.2 Å². The number of sulfonamides is 1. The van der Waals surface area contributed by atoms with E-state index in [1.807, 2.05) is 60.7 Å². The second kappa shape index (κ2) is 14.5. The second-order valence-corrected chi connectivity index (χ2v) is 11.5. The van der Waals surface area contributed by atoms with Crippen LogP contribution >= 0.6 is 15.9 Å². The first kappa shape index (κ1) is 28.4. The Labute approximate surface area is 225 Å². The fraction of sp³-hybridized carbons (Fsp3) is 0.379. The van der Waals surface area contributed by atoms with Gasteiger partial charge in [0.05, 0.1) is 4.90 Å². The number of hydrogen-bond acceptors (Lipinski definition) is 4. The molecule has 2 N–H and O–H groups in total. The van der Waals surface area contributed by atoms with Gasteiger partial charge in [-0.15, -0.1) is 0 Å². The Morgan fingerprint density at radius 2 is 1.53 bits per heavy atom. The average molecular weight is 573 g/mol. The predicted molar refractivity (Wildman–Crippen MR) is 157 cm³/mol. The van der Waals surface area contributed by atoms with Crippen molar-refractivity contribution in [2.45, 2.75) is 44.4 Å². The van der Waals surface area contributed by atoms with Gasteiger partial charge in [-0.25, -0.2) is 13.1 Å². The number of rotatable bonds is 15. The van der Waals surface area contributed by atoms with Gasteiger partial charge in [-0.2, -0.15) is 0 Å². The van der Waals surface area contributed by atoms with Crippen LogP contribution in [-0.2, 0) is 10.0 Å². The van der Waals surface area contributed by atoms with Crippen LogP contribution in [0.15, 0.2) is 76.1 Å². The molecular weight excluding hydrogens is 534 g/mol. The van der Waals surface area contributed by atoms with Crippen molar-refractivity contribution in [3.8, 4) is 0 Å². The van der Waals surface area contributed by atoms with Gasteiger partial charge in [-0.05, 0) is 42.7 Å². The van der Waals surface area contributed by atoms with E-state index in [-0.39, 0.29) is 0 Å². The van der Waals surface area contributed by atoms with Crippen LogP contribution in [0.3, 0.4) is 0 Å². The molecule has 0 aliphatic carbocycles. The van der Waals surface area contributed by atoms with Gasteiger partial charge in [0.2, 0.25) is 10.0 Å². The summed E-state index contributed by atoms with van der Waals surface area (Å²) >= 11 is 3.43. The van der Waals surface area contributed by atoms with Crippen LogP contribution in [0.2, 0.25) is 0 Å². The molecule has 3 rings (SSSR count). The van der Waals surface area contributed by atoms with Crippen LogP contribution in [0.25, 0.3) is 16.8 Å². The minimum absolute atomic E-state index is 0.323. The van der Waals surface area contributed by atoms with E-state index in [9.17, 15) is 8.42 Å². The molecule has 0 heterocycles. The van der Waals surface area contributed by atoms with E-state index in [4.69, 9.17) is 0 Å². The highest BCUT2D eigenvalue weighted by atomic mass is 79.9. The molecule has 0 aromatic heterocycles. The van der Waals surface area contributed by atoms with E-state index in [1.54, 1.807) is 6.07 Å². The van der Waals surface area contributed by atoms with E-state index in [1.165, 1.54) is 0 Å². The maximum Gasteiger partial charge on any atom is 0.241 e. The summed E-state index contributed by atoms with van der Waals surface area (Å²) in [6.45, 7) is 7.89. The number of benzene rings is 3. The molecular formula is C29H38BrN3O2S. The molecule has 5 nitrogen and oxygen atoms in total. The van der Waals surface area contributed by atoms with Gasteiger partial charge in [-0.3, -0.25) is 0 Å². The topological polar surface area (TPSA) is 61.4 Å². The van der Waals surface area contributed by atoms with Gasteiger partial charge in [0, 0.05) is 53.7 Å². The van der Waals surface area contributed by atoms with E-state index in [2.05, 4.69) is 50.8 Å². The van der Waals surface area contributed by atoms with Crippen molar-refractivity contribution < 1.29 is 8.42 Å². The summed E-state index contributed by atoms with van der Waals surface area (Å²) in [4.78, 5) is 2.74. The third-order valence-corrected chi connectivity index (χ3v) is 8.14. The molecule has 0 bridgehead atoms. The Bertz CT molecular complexity index is 1220. The zero-order valence-corrected chi connectivity index (χ0v) is 23.7. The van der Waals surface area contributed by atoms with Crippen molar-refractivity contribution in [2.24, 2.45) is 0 Å². The van der Waals surface area contributed by atoms with Crippen LogP contribution in [0.5, 0.6) is 0 Å². The van der Waals surface area contributed by atoms with Crippen molar-refractivity contribution in [2.75, 3.05) is 37.6 Å². The summed E-state index contributed by atoms with van der Waals surface area (Å²) < 4.78 is 30.2. The number of anilines is 1. The Balaban J connectivity index is 1.64. The highest BCUT2D eigenvalue weighted by Gasteiger charge is 2.19. The Kier molecular flexibility index (Phi) is 11.5. The molecule has 36 heavy (non-hydrogen) atoms. The van der Waals surface area contributed by atoms with E-state index >= 15 is 0 Å². The van der Waals surface area contributed by atoms with Crippen molar-refractivity contribution in [1.82, 2.24) is 10.0 Å². The fourth-order valence-corrected chi connectivity index (χ4v) is 5.65. The molecule has 0 saturated heterocycles. The highest BCUT2D eigenvalue weighted by molar-refractivity contribution is 9.10. The maximum absolute atomic E-state index is 13.2. The number of hydrogen-bond donors (Lipinski definition) is 2. The molecule has 7 heteroatoms. The van der Waals surface area contributed by atoms with Crippen molar-refractivity contribution in [3.63, 3.8) is 0 Å². The van der Waals surface area contributed by atoms with E-state index < -0.39 is 10.0 Å². The first-order valence-electron chi connectivity index (χ1n) is 12.9. The van der Waals surface area contributed by atoms with Crippen molar-refractivity contribution in [3.05, 3.63) is 76.8 Å². The van der Waals surface area contributed by atoms with Gasteiger partial charge in [0.25, 0.3) is 0 Å². The number of fused-ring (bicyclic) bond motifs is 1. The quantitative estimate of drug-likeness (QED) is 0.202. The molecule has 3 aromatic carbocycles. The Morgan fingerprint density at radius 1 is 0.861 bits per heavy atom. The predicted octanol–water partition coefficient (Wildman–Crippen LogP) is 6.59. The zero-order valence-electron chi connectivity index (χ0n) is 21.3. The fourth-order valence-electron chi connectivity index (χ4n) is 4.13. The van der Waals surface area contributed by atoms with Crippen LogP contribution in [0.1, 0.15) is 45.1 Å². The number of unbranched alkanes of at least 4 members (excludes halogenated alkanes) is 2. The minimum atomic E-state index is -3.63. The molecule has 0 saturated carbocycles. The lowest BCUT2D eigenvalue weighted by atomic mass is 10.1. The molecule has 0 spiro atoms. The maximum atomic E-state index is 13.2. The molecule has 0 radical (unpaired) electrons.